The second-order valence-corrected chi connectivity index (χ2v) is 6.24. The van der Waals surface area contributed by atoms with Crippen molar-refractivity contribution in [2.45, 2.75) is 20.0 Å². The molecule has 0 unspecified atom stereocenters. The molecule has 0 saturated carbocycles. The molecular weight excluding hydrogens is 393 g/mol. The van der Waals surface area contributed by atoms with Gasteiger partial charge in [-0.2, -0.15) is 0 Å². The van der Waals surface area contributed by atoms with Crippen molar-refractivity contribution in [3.63, 3.8) is 0 Å². The molecule has 22 heavy (non-hydrogen) atoms. The van der Waals surface area contributed by atoms with E-state index in [4.69, 9.17) is 5.73 Å². The van der Waals surface area contributed by atoms with Crippen LogP contribution in [0.25, 0.3) is 0 Å². The van der Waals surface area contributed by atoms with Gasteiger partial charge in [-0.25, -0.2) is 9.37 Å². The van der Waals surface area contributed by atoms with E-state index in [1.165, 1.54) is 17.4 Å². The highest BCUT2D eigenvalue weighted by Crippen LogP contribution is 2.19. The van der Waals surface area contributed by atoms with Gasteiger partial charge in [0, 0.05) is 35.1 Å². The quantitative estimate of drug-likeness (QED) is 0.822. The lowest BCUT2D eigenvalue weighted by molar-refractivity contribution is 0.0746. The number of hydrogen-bond acceptors (Lipinski definition) is 4. The average Bonchev–Trinajstić information content (AvgIpc) is 2.96. The highest BCUT2D eigenvalue weighted by Gasteiger charge is 2.19. The van der Waals surface area contributed by atoms with E-state index >= 15 is 0 Å². The highest BCUT2D eigenvalue weighted by atomic mass is 79.9. The molecule has 0 atom stereocenters. The van der Waals surface area contributed by atoms with Gasteiger partial charge in [-0.3, -0.25) is 4.79 Å². The summed E-state index contributed by atoms with van der Waals surface area (Å²) in [5, 5.41) is 2.40. The number of carbonyl (C=O) groups excluding carboxylic acids is 1. The molecule has 1 aromatic heterocycles. The van der Waals surface area contributed by atoms with Crippen LogP contribution in [0.5, 0.6) is 0 Å². The standard InChI is InChI=1S/C14H15BrFN3OS.ClH/c1-2-19(7-9-5-10(15)3-4-11(9)16)14(20)12-8-21-13(6-17)18-12;/h3-5,8H,2,6-7,17H2,1H3;1H. The molecule has 0 aliphatic heterocycles. The van der Waals surface area contributed by atoms with Crippen LogP contribution in [0, 0.1) is 5.82 Å². The number of carbonyl (C=O) groups is 1. The first-order valence-corrected chi connectivity index (χ1v) is 8.10. The van der Waals surface area contributed by atoms with Gasteiger partial charge in [-0.15, -0.1) is 23.7 Å². The second kappa shape index (κ2) is 8.57. The van der Waals surface area contributed by atoms with Crippen molar-refractivity contribution >= 4 is 45.6 Å². The van der Waals surface area contributed by atoms with Crippen molar-refractivity contribution < 1.29 is 9.18 Å². The lowest BCUT2D eigenvalue weighted by atomic mass is 10.2. The molecule has 1 heterocycles. The Bertz CT molecular complexity index is 653. The molecule has 4 nitrogen and oxygen atoms in total. The molecule has 120 valence electrons. The minimum atomic E-state index is -0.328. The van der Waals surface area contributed by atoms with Crippen molar-refractivity contribution in [2.24, 2.45) is 5.73 Å². The average molecular weight is 409 g/mol. The monoisotopic (exact) mass is 407 g/mol. The minimum Gasteiger partial charge on any atom is -0.333 e. The Hall–Kier alpha value is -1.02. The van der Waals surface area contributed by atoms with Gasteiger partial charge in [0.2, 0.25) is 0 Å². The first-order chi connectivity index (χ1) is 10.0. The molecule has 1 amide bonds. The van der Waals surface area contributed by atoms with Gasteiger partial charge in [0.05, 0.1) is 0 Å². The van der Waals surface area contributed by atoms with Crippen molar-refractivity contribution in [2.75, 3.05) is 6.54 Å². The van der Waals surface area contributed by atoms with Gasteiger partial charge < -0.3 is 10.6 Å². The number of thiazole rings is 1. The van der Waals surface area contributed by atoms with E-state index in [0.29, 0.717) is 29.4 Å². The maximum atomic E-state index is 13.8. The van der Waals surface area contributed by atoms with Gasteiger partial charge in [-0.05, 0) is 25.1 Å². The van der Waals surface area contributed by atoms with Crippen LogP contribution >= 0.6 is 39.7 Å². The summed E-state index contributed by atoms with van der Waals surface area (Å²) in [6.45, 7) is 2.84. The number of rotatable bonds is 5. The van der Waals surface area contributed by atoms with E-state index in [1.807, 2.05) is 6.92 Å². The molecule has 0 aliphatic carbocycles. The van der Waals surface area contributed by atoms with Crippen LogP contribution in [0.1, 0.15) is 28.0 Å². The predicted octanol–water partition coefficient (Wildman–Crippen LogP) is 3.59. The topological polar surface area (TPSA) is 59.2 Å². The normalized spacial score (nSPS) is 10.2. The maximum Gasteiger partial charge on any atom is 0.273 e. The van der Waals surface area contributed by atoms with Crippen LogP contribution in [0.3, 0.4) is 0 Å². The molecule has 0 bridgehead atoms. The number of nitrogens with zero attached hydrogens (tertiary/aromatic N) is 2. The van der Waals surface area contributed by atoms with E-state index in [-0.39, 0.29) is 30.7 Å². The fraction of sp³-hybridized carbons (Fsp3) is 0.286. The Balaban J connectivity index is 0.00000242. The summed E-state index contributed by atoms with van der Waals surface area (Å²) in [4.78, 5) is 18.1. The highest BCUT2D eigenvalue weighted by molar-refractivity contribution is 9.10. The third kappa shape index (κ3) is 4.49. The maximum absolute atomic E-state index is 13.8. The van der Waals surface area contributed by atoms with Crippen LogP contribution in [0.4, 0.5) is 4.39 Å². The van der Waals surface area contributed by atoms with Crippen LogP contribution in [0.2, 0.25) is 0 Å². The fourth-order valence-electron chi connectivity index (χ4n) is 1.86. The number of aromatic nitrogens is 1. The van der Waals surface area contributed by atoms with Crippen molar-refractivity contribution in [1.82, 2.24) is 9.88 Å². The molecule has 0 radical (unpaired) electrons. The van der Waals surface area contributed by atoms with Crippen LogP contribution < -0.4 is 5.73 Å². The SMILES string of the molecule is CCN(Cc1cc(Br)ccc1F)C(=O)c1csc(CN)n1.Cl. The van der Waals surface area contributed by atoms with Gasteiger partial charge in [0.1, 0.15) is 16.5 Å². The van der Waals surface area contributed by atoms with Crippen LogP contribution in [-0.2, 0) is 13.1 Å². The molecule has 2 aromatic rings. The third-order valence-electron chi connectivity index (χ3n) is 2.98. The molecule has 0 aliphatic rings. The third-order valence-corrected chi connectivity index (χ3v) is 4.35. The first kappa shape index (κ1) is 19.0. The van der Waals surface area contributed by atoms with Gasteiger partial charge in [-0.1, -0.05) is 15.9 Å². The Labute approximate surface area is 147 Å². The molecule has 1 aromatic carbocycles. The van der Waals surface area contributed by atoms with Gasteiger partial charge >= 0.3 is 0 Å². The summed E-state index contributed by atoms with van der Waals surface area (Å²) in [6.07, 6.45) is 0. The van der Waals surface area contributed by atoms with Crippen molar-refractivity contribution in [3.05, 3.63) is 50.1 Å². The van der Waals surface area contributed by atoms with Crippen LogP contribution in [-0.4, -0.2) is 22.3 Å². The lowest BCUT2D eigenvalue weighted by Gasteiger charge is -2.20. The molecule has 0 spiro atoms. The largest absolute Gasteiger partial charge is 0.333 e. The number of benzene rings is 1. The summed E-state index contributed by atoms with van der Waals surface area (Å²) >= 11 is 4.66. The smallest absolute Gasteiger partial charge is 0.273 e. The lowest BCUT2D eigenvalue weighted by Crippen LogP contribution is -2.31. The predicted molar refractivity (Wildman–Crippen MR) is 91.8 cm³/mol. The van der Waals surface area contributed by atoms with Crippen molar-refractivity contribution in [1.29, 1.82) is 0 Å². The summed E-state index contributed by atoms with van der Waals surface area (Å²) in [5.74, 6) is -0.543. The van der Waals surface area contributed by atoms with E-state index in [9.17, 15) is 9.18 Å². The summed E-state index contributed by atoms with van der Waals surface area (Å²) in [5.41, 5.74) is 6.33. The zero-order valence-corrected chi connectivity index (χ0v) is 15.1. The Morgan fingerprint density at radius 3 is 2.82 bits per heavy atom. The summed E-state index contributed by atoms with van der Waals surface area (Å²) < 4.78 is 14.6. The zero-order chi connectivity index (χ0) is 15.4. The Kier molecular flexibility index (Phi) is 7.41. The first-order valence-electron chi connectivity index (χ1n) is 6.42. The summed E-state index contributed by atoms with van der Waals surface area (Å²) in [6, 6.07) is 4.69. The molecule has 2 rings (SSSR count). The van der Waals surface area contributed by atoms with E-state index in [0.717, 1.165) is 4.47 Å². The fourth-order valence-corrected chi connectivity index (χ4v) is 2.92. The van der Waals surface area contributed by atoms with Crippen LogP contribution in [0.15, 0.2) is 28.1 Å². The molecule has 2 N–H and O–H groups in total. The number of halogens is 3. The van der Waals surface area contributed by atoms with E-state index < -0.39 is 0 Å². The van der Waals surface area contributed by atoms with E-state index in [1.54, 1.807) is 22.4 Å². The Morgan fingerprint density at radius 1 is 1.50 bits per heavy atom. The zero-order valence-electron chi connectivity index (χ0n) is 11.9. The second-order valence-electron chi connectivity index (χ2n) is 4.39. The molecule has 0 saturated heterocycles. The minimum absolute atomic E-state index is 0. The van der Waals surface area contributed by atoms with Gasteiger partial charge in [0.25, 0.3) is 5.91 Å². The van der Waals surface area contributed by atoms with E-state index in [2.05, 4.69) is 20.9 Å². The number of hydrogen-bond donors (Lipinski definition) is 1. The van der Waals surface area contributed by atoms with Crippen molar-refractivity contribution in [3.8, 4) is 0 Å². The molecular formula is C14H16BrClFN3OS. The molecule has 8 heteroatoms. The number of amides is 1. The summed E-state index contributed by atoms with van der Waals surface area (Å²) in [7, 11) is 0. The molecule has 0 fully saturated rings. The Morgan fingerprint density at radius 2 is 2.23 bits per heavy atom. The van der Waals surface area contributed by atoms with Gasteiger partial charge in [0.15, 0.2) is 0 Å². The number of nitrogens with two attached hydrogens (primary N) is 1.